The summed E-state index contributed by atoms with van der Waals surface area (Å²) >= 11 is 15.3. The van der Waals surface area contributed by atoms with E-state index in [1.165, 1.54) is 0 Å². The molecule has 0 aliphatic rings. The molecule has 17 heavy (non-hydrogen) atoms. The van der Waals surface area contributed by atoms with E-state index in [0.29, 0.717) is 22.4 Å². The molecule has 88 valence electrons. The molecule has 0 aliphatic carbocycles. The number of ether oxygens (including phenoxy) is 1. The maximum atomic E-state index is 6.00. The van der Waals surface area contributed by atoms with Crippen LogP contribution in [0.4, 0.5) is 0 Å². The van der Waals surface area contributed by atoms with Crippen LogP contribution in [0.15, 0.2) is 46.9 Å². The van der Waals surface area contributed by atoms with Crippen molar-refractivity contribution < 1.29 is 4.74 Å². The van der Waals surface area contributed by atoms with Crippen LogP contribution in [0.2, 0.25) is 10.0 Å². The zero-order valence-electron chi connectivity index (χ0n) is 8.79. The lowest BCUT2D eigenvalue weighted by molar-refractivity contribution is 0.306. The van der Waals surface area contributed by atoms with Crippen molar-refractivity contribution in [3.8, 4) is 5.75 Å². The Morgan fingerprint density at radius 1 is 1.06 bits per heavy atom. The Hall–Kier alpha value is -0.700. The summed E-state index contributed by atoms with van der Waals surface area (Å²) in [6.45, 7) is 0.458. The highest BCUT2D eigenvalue weighted by molar-refractivity contribution is 9.10. The quantitative estimate of drug-likeness (QED) is 0.738. The van der Waals surface area contributed by atoms with Crippen LogP contribution >= 0.6 is 39.1 Å². The third-order valence-corrected chi connectivity index (χ3v) is 3.22. The summed E-state index contributed by atoms with van der Waals surface area (Å²) in [5.74, 6) is 0.596. The van der Waals surface area contributed by atoms with Gasteiger partial charge in [0.05, 0.1) is 5.02 Å². The molecule has 0 unspecified atom stereocenters. The Morgan fingerprint density at radius 2 is 1.88 bits per heavy atom. The Bertz CT molecular complexity index is 529. The predicted octanol–water partition coefficient (Wildman–Crippen LogP) is 5.33. The van der Waals surface area contributed by atoms with E-state index in [1.54, 1.807) is 18.2 Å². The third-order valence-electron chi connectivity index (χ3n) is 2.18. The third kappa shape index (κ3) is 3.63. The number of halogens is 3. The minimum atomic E-state index is 0.458. The first-order chi connectivity index (χ1) is 8.15. The largest absolute Gasteiger partial charge is 0.487 e. The van der Waals surface area contributed by atoms with Gasteiger partial charge in [-0.15, -0.1) is 0 Å². The van der Waals surface area contributed by atoms with E-state index in [2.05, 4.69) is 15.9 Å². The molecule has 0 atom stereocenters. The van der Waals surface area contributed by atoms with E-state index in [4.69, 9.17) is 27.9 Å². The zero-order chi connectivity index (χ0) is 12.3. The van der Waals surface area contributed by atoms with Crippen LogP contribution < -0.4 is 4.74 Å². The summed E-state index contributed by atoms with van der Waals surface area (Å²) in [6, 6.07) is 13.1. The van der Waals surface area contributed by atoms with Gasteiger partial charge in [-0.2, -0.15) is 0 Å². The molecule has 0 spiro atoms. The van der Waals surface area contributed by atoms with Gasteiger partial charge < -0.3 is 4.74 Å². The van der Waals surface area contributed by atoms with E-state index >= 15 is 0 Å². The Labute approximate surface area is 118 Å². The topological polar surface area (TPSA) is 9.23 Å². The van der Waals surface area contributed by atoms with Gasteiger partial charge in [0.15, 0.2) is 0 Å². The summed E-state index contributed by atoms with van der Waals surface area (Å²) in [4.78, 5) is 0. The molecule has 0 saturated carbocycles. The lowest BCUT2D eigenvalue weighted by Gasteiger charge is -2.08. The number of rotatable bonds is 3. The summed E-state index contributed by atoms with van der Waals surface area (Å²) in [5, 5.41) is 1.17. The molecule has 0 aromatic heterocycles. The second kappa shape index (κ2) is 5.76. The second-order valence-electron chi connectivity index (χ2n) is 3.49. The van der Waals surface area contributed by atoms with Gasteiger partial charge in [0, 0.05) is 15.6 Å². The highest BCUT2D eigenvalue weighted by Gasteiger charge is 2.03. The van der Waals surface area contributed by atoms with Gasteiger partial charge in [0.1, 0.15) is 12.4 Å². The van der Waals surface area contributed by atoms with Crippen molar-refractivity contribution in [2.45, 2.75) is 6.61 Å². The van der Waals surface area contributed by atoms with Gasteiger partial charge in [0.25, 0.3) is 0 Å². The van der Waals surface area contributed by atoms with Crippen molar-refractivity contribution >= 4 is 39.1 Å². The Balaban J connectivity index is 2.09. The van der Waals surface area contributed by atoms with Gasteiger partial charge in [-0.3, -0.25) is 0 Å². The molecule has 0 bridgehead atoms. The first-order valence-electron chi connectivity index (χ1n) is 4.97. The van der Waals surface area contributed by atoms with Crippen molar-refractivity contribution in [1.82, 2.24) is 0 Å². The van der Waals surface area contributed by atoms with Crippen LogP contribution in [-0.4, -0.2) is 0 Å². The first kappa shape index (κ1) is 12.7. The van der Waals surface area contributed by atoms with Gasteiger partial charge in [0.2, 0.25) is 0 Å². The maximum Gasteiger partial charge on any atom is 0.139 e. The highest BCUT2D eigenvalue weighted by Crippen LogP contribution is 2.28. The zero-order valence-corrected chi connectivity index (χ0v) is 11.9. The smallest absolute Gasteiger partial charge is 0.139 e. The fraction of sp³-hybridized carbons (Fsp3) is 0.0769. The van der Waals surface area contributed by atoms with Crippen molar-refractivity contribution in [2.24, 2.45) is 0 Å². The molecule has 1 nitrogen and oxygen atoms in total. The van der Waals surface area contributed by atoms with E-state index in [1.807, 2.05) is 24.3 Å². The number of hydrogen-bond acceptors (Lipinski definition) is 1. The van der Waals surface area contributed by atoms with E-state index in [-0.39, 0.29) is 0 Å². The molecular formula is C13H9BrCl2O. The van der Waals surface area contributed by atoms with Crippen LogP contribution in [0, 0.1) is 0 Å². The molecule has 0 N–H and O–H groups in total. The molecule has 4 heteroatoms. The summed E-state index contributed by atoms with van der Waals surface area (Å²) in [7, 11) is 0. The van der Waals surface area contributed by atoms with Crippen LogP contribution in [0.3, 0.4) is 0 Å². The molecule has 0 saturated heterocycles. The molecular weight excluding hydrogens is 323 g/mol. The molecule has 0 heterocycles. The van der Waals surface area contributed by atoms with Crippen molar-refractivity contribution in [1.29, 1.82) is 0 Å². The minimum absolute atomic E-state index is 0.458. The standard InChI is InChI=1S/C13H9BrCl2O/c14-10-3-1-2-9(6-10)8-17-13-7-11(15)4-5-12(13)16/h1-7H,8H2. The Morgan fingerprint density at radius 3 is 2.65 bits per heavy atom. The van der Waals surface area contributed by atoms with Crippen LogP contribution in [0.5, 0.6) is 5.75 Å². The minimum Gasteiger partial charge on any atom is -0.487 e. The normalized spacial score (nSPS) is 10.3. The Kier molecular flexibility index (Phi) is 4.32. The average Bonchev–Trinajstić information content (AvgIpc) is 2.30. The monoisotopic (exact) mass is 330 g/mol. The molecule has 2 aromatic rings. The summed E-state index contributed by atoms with van der Waals surface area (Å²) < 4.78 is 6.65. The predicted molar refractivity (Wildman–Crippen MR) is 74.9 cm³/mol. The van der Waals surface area contributed by atoms with E-state index < -0.39 is 0 Å². The molecule has 2 aromatic carbocycles. The van der Waals surface area contributed by atoms with Gasteiger partial charge >= 0.3 is 0 Å². The first-order valence-corrected chi connectivity index (χ1v) is 6.52. The molecule has 2 rings (SSSR count). The van der Waals surface area contributed by atoms with E-state index in [0.717, 1.165) is 10.0 Å². The molecule has 0 amide bonds. The van der Waals surface area contributed by atoms with E-state index in [9.17, 15) is 0 Å². The van der Waals surface area contributed by atoms with Gasteiger partial charge in [-0.05, 0) is 29.8 Å². The summed E-state index contributed by atoms with van der Waals surface area (Å²) in [5.41, 5.74) is 1.07. The van der Waals surface area contributed by atoms with Gasteiger partial charge in [-0.1, -0.05) is 51.3 Å². The van der Waals surface area contributed by atoms with Crippen molar-refractivity contribution in [2.75, 3.05) is 0 Å². The maximum absolute atomic E-state index is 6.00. The summed E-state index contributed by atoms with van der Waals surface area (Å²) in [6.07, 6.45) is 0. The van der Waals surface area contributed by atoms with Crippen LogP contribution in [0.25, 0.3) is 0 Å². The average molecular weight is 332 g/mol. The fourth-order valence-corrected chi connectivity index (χ4v) is 2.16. The SMILES string of the molecule is Clc1ccc(Cl)c(OCc2cccc(Br)c2)c1. The second-order valence-corrected chi connectivity index (χ2v) is 5.25. The molecule has 0 aliphatic heterocycles. The van der Waals surface area contributed by atoms with Crippen LogP contribution in [-0.2, 0) is 6.61 Å². The van der Waals surface area contributed by atoms with Gasteiger partial charge in [-0.25, -0.2) is 0 Å². The fourth-order valence-electron chi connectivity index (χ4n) is 1.38. The lowest BCUT2D eigenvalue weighted by atomic mass is 10.2. The lowest BCUT2D eigenvalue weighted by Crippen LogP contribution is -1.95. The van der Waals surface area contributed by atoms with Crippen LogP contribution in [0.1, 0.15) is 5.56 Å². The van der Waals surface area contributed by atoms with Crippen molar-refractivity contribution in [3.05, 3.63) is 62.5 Å². The number of benzene rings is 2. The number of hydrogen-bond donors (Lipinski definition) is 0. The van der Waals surface area contributed by atoms with Crippen molar-refractivity contribution in [3.63, 3.8) is 0 Å². The molecule has 0 radical (unpaired) electrons. The molecule has 0 fully saturated rings. The highest BCUT2D eigenvalue weighted by atomic mass is 79.9.